The Hall–Kier alpha value is -1.55. The van der Waals surface area contributed by atoms with Gasteiger partial charge in [-0.15, -0.1) is 0 Å². The van der Waals surface area contributed by atoms with Crippen molar-refractivity contribution >= 4 is 11.6 Å². The van der Waals surface area contributed by atoms with Crippen molar-refractivity contribution in [1.82, 2.24) is 0 Å². The monoisotopic (exact) mass is 193 g/mol. The van der Waals surface area contributed by atoms with E-state index in [-0.39, 0.29) is 5.91 Å². The van der Waals surface area contributed by atoms with Crippen LogP contribution in [0.4, 0.5) is 5.69 Å². The van der Waals surface area contributed by atoms with E-state index in [2.05, 4.69) is 0 Å². The number of para-hydroxylation sites is 1. The summed E-state index contributed by atoms with van der Waals surface area (Å²) in [5.41, 5.74) is 1.27. The fourth-order valence-electron chi connectivity index (χ4n) is 1.71. The van der Waals surface area contributed by atoms with Crippen molar-refractivity contribution in [3.05, 3.63) is 23.8 Å². The summed E-state index contributed by atoms with van der Waals surface area (Å²) in [6, 6.07) is 5.25. The Morgan fingerprint density at radius 3 is 2.86 bits per heavy atom. The van der Waals surface area contributed by atoms with Crippen molar-refractivity contribution in [2.75, 3.05) is 19.1 Å². The first-order chi connectivity index (χ1) is 6.66. The molecule has 0 saturated heterocycles. The summed E-state index contributed by atoms with van der Waals surface area (Å²) in [6.45, 7) is 0. The number of anilines is 1. The molecule has 1 aliphatic heterocycles. The lowest BCUT2D eigenvalue weighted by Crippen LogP contribution is -2.23. The second kappa shape index (κ2) is 2.99. The summed E-state index contributed by atoms with van der Waals surface area (Å²) >= 11 is 0. The number of fused-ring (bicyclic) bond motifs is 1. The Bertz CT molecular complexity index is 389. The number of rotatable bonds is 1. The number of ether oxygens (including phenoxy) is 1. The number of carbonyl (C=O) groups excluding carboxylic acids is 1. The molecule has 1 unspecified atom stereocenters. The van der Waals surface area contributed by atoms with Crippen LogP contribution in [-0.2, 0) is 4.79 Å². The van der Waals surface area contributed by atoms with Gasteiger partial charge >= 0.3 is 0 Å². The van der Waals surface area contributed by atoms with Crippen LogP contribution in [0.1, 0.15) is 11.7 Å². The molecule has 0 bridgehead atoms. The van der Waals surface area contributed by atoms with Gasteiger partial charge in [-0.25, -0.2) is 0 Å². The maximum absolute atomic E-state index is 11.5. The molecule has 0 spiro atoms. The van der Waals surface area contributed by atoms with Crippen molar-refractivity contribution in [2.24, 2.45) is 0 Å². The highest BCUT2D eigenvalue weighted by Crippen LogP contribution is 2.41. The number of nitrogens with zero attached hydrogens (tertiary/aromatic N) is 1. The zero-order valence-electron chi connectivity index (χ0n) is 8.02. The fraction of sp³-hybridized carbons (Fsp3) is 0.300. The third kappa shape index (κ3) is 1.01. The van der Waals surface area contributed by atoms with Crippen LogP contribution in [0, 0.1) is 0 Å². The summed E-state index contributed by atoms with van der Waals surface area (Å²) in [5.74, 6) is 0.291. The van der Waals surface area contributed by atoms with Crippen molar-refractivity contribution in [1.29, 1.82) is 0 Å². The first-order valence-corrected chi connectivity index (χ1v) is 4.29. The number of aliphatic hydroxyl groups is 1. The zero-order chi connectivity index (χ0) is 10.3. The van der Waals surface area contributed by atoms with Gasteiger partial charge in [-0.05, 0) is 6.07 Å². The minimum atomic E-state index is -1.05. The van der Waals surface area contributed by atoms with Gasteiger partial charge in [-0.2, -0.15) is 0 Å². The number of aliphatic hydroxyl groups excluding tert-OH is 1. The van der Waals surface area contributed by atoms with E-state index in [1.807, 2.05) is 0 Å². The van der Waals surface area contributed by atoms with Crippen LogP contribution < -0.4 is 9.64 Å². The second-order valence-corrected chi connectivity index (χ2v) is 3.20. The highest BCUT2D eigenvalue weighted by molar-refractivity contribution is 6.04. The van der Waals surface area contributed by atoms with Gasteiger partial charge in [0, 0.05) is 12.6 Å². The largest absolute Gasteiger partial charge is 0.495 e. The lowest BCUT2D eigenvalue weighted by molar-refractivity contribution is -0.125. The summed E-state index contributed by atoms with van der Waals surface area (Å²) in [4.78, 5) is 12.9. The Morgan fingerprint density at radius 1 is 1.50 bits per heavy atom. The Balaban J connectivity index is 2.62. The molecule has 74 valence electrons. The van der Waals surface area contributed by atoms with Crippen molar-refractivity contribution in [3.8, 4) is 5.75 Å². The summed E-state index contributed by atoms with van der Waals surface area (Å²) in [5, 5.41) is 9.59. The average Bonchev–Trinajstić information content (AvgIpc) is 2.44. The van der Waals surface area contributed by atoms with Gasteiger partial charge in [0.05, 0.1) is 12.8 Å². The first kappa shape index (κ1) is 9.02. The number of likely N-dealkylation sites (N-methyl/N-ethyl adjacent to an activating group) is 1. The van der Waals surface area contributed by atoms with Gasteiger partial charge in [-0.3, -0.25) is 4.79 Å². The molecular weight excluding hydrogens is 182 g/mol. The molecule has 4 nitrogen and oxygen atoms in total. The molecule has 2 rings (SSSR count). The van der Waals surface area contributed by atoms with E-state index in [1.54, 1.807) is 32.4 Å². The van der Waals surface area contributed by atoms with Crippen molar-refractivity contribution < 1.29 is 14.6 Å². The molecule has 0 fully saturated rings. The quantitative estimate of drug-likeness (QED) is 0.714. The summed E-state index contributed by atoms with van der Waals surface area (Å²) in [7, 11) is 3.17. The van der Waals surface area contributed by atoms with Crippen LogP contribution in [0.15, 0.2) is 18.2 Å². The number of amides is 1. The van der Waals surface area contributed by atoms with E-state index in [4.69, 9.17) is 4.74 Å². The predicted octanol–water partition coefficient (Wildman–Crippen LogP) is 0.705. The molecule has 0 aromatic heterocycles. The third-order valence-electron chi connectivity index (χ3n) is 2.44. The highest BCUT2D eigenvalue weighted by atomic mass is 16.5. The van der Waals surface area contributed by atoms with Crippen LogP contribution in [0.5, 0.6) is 5.75 Å². The van der Waals surface area contributed by atoms with Gasteiger partial charge < -0.3 is 14.7 Å². The number of hydrogen-bond acceptors (Lipinski definition) is 3. The van der Waals surface area contributed by atoms with Crippen LogP contribution in [0.2, 0.25) is 0 Å². The molecule has 0 saturated carbocycles. The van der Waals surface area contributed by atoms with E-state index < -0.39 is 6.10 Å². The zero-order valence-corrected chi connectivity index (χ0v) is 8.02. The van der Waals surface area contributed by atoms with Crippen LogP contribution in [0.25, 0.3) is 0 Å². The molecule has 1 aromatic rings. The average molecular weight is 193 g/mol. The van der Waals surface area contributed by atoms with E-state index in [0.717, 1.165) is 0 Å². The van der Waals surface area contributed by atoms with Crippen LogP contribution in [-0.4, -0.2) is 25.2 Å². The Labute approximate surface area is 81.7 Å². The van der Waals surface area contributed by atoms with Gasteiger partial charge in [0.1, 0.15) is 5.75 Å². The van der Waals surface area contributed by atoms with Gasteiger partial charge in [0.2, 0.25) is 0 Å². The molecule has 1 aromatic carbocycles. The minimum Gasteiger partial charge on any atom is -0.495 e. The molecule has 14 heavy (non-hydrogen) atoms. The topological polar surface area (TPSA) is 49.8 Å². The van der Waals surface area contributed by atoms with Crippen LogP contribution in [0.3, 0.4) is 0 Å². The lowest BCUT2D eigenvalue weighted by atomic mass is 10.1. The molecule has 1 heterocycles. The Morgan fingerprint density at radius 2 is 2.21 bits per heavy atom. The molecule has 1 N–H and O–H groups in total. The molecule has 1 aliphatic rings. The first-order valence-electron chi connectivity index (χ1n) is 4.29. The minimum absolute atomic E-state index is 0.315. The Kier molecular flexibility index (Phi) is 1.93. The lowest BCUT2D eigenvalue weighted by Gasteiger charge is -2.13. The van der Waals surface area contributed by atoms with Gasteiger partial charge in [0.15, 0.2) is 6.10 Å². The van der Waals surface area contributed by atoms with Gasteiger partial charge in [0.25, 0.3) is 5.91 Å². The van der Waals surface area contributed by atoms with Crippen molar-refractivity contribution in [2.45, 2.75) is 6.10 Å². The van der Waals surface area contributed by atoms with E-state index in [9.17, 15) is 9.90 Å². The predicted molar refractivity (Wildman–Crippen MR) is 51.4 cm³/mol. The van der Waals surface area contributed by atoms with E-state index in [1.165, 1.54) is 4.90 Å². The maximum Gasteiger partial charge on any atom is 0.260 e. The standard InChI is InChI=1S/C10H11NO3/c1-11-8-6(9(12)10(11)13)4-3-5-7(8)14-2/h3-5,9,12H,1-2H3. The number of hydrogen-bond donors (Lipinski definition) is 1. The maximum atomic E-state index is 11.5. The smallest absolute Gasteiger partial charge is 0.260 e. The normalized spacial score (nSPS) is 19.8. The SMILES string of the molecule is COc1cccc2c1N(C)C(=O)C2O. The fourth-order valence-corrected chi connectivity index (χ4v) is 1.71. The molecule has 0 radical (unpaired) electrons. The summed E-state index contributed by atoms with van der Waals surface area (Å²) in [6.07, 6.45) is -1.05. The van der Waals surface area contributed by atoms with Crippen LogP contribution >= 0.6 is 0 Å². The second-order valence-electron chi connectivity index (χ2n) is 3.20. The summed E-state index contributed by atoms with van der Waals surface area (Å²) < 4.78 is 5.12. The highest BCUT2D eigenvalue weighted by Gasteiger charge is 2.35. The third-order valence-corrected chi connectivity index (χ3v) is 2.44. The number of benzene rings is 1. The molecule has 0 aliphatic carbocycles. The molecular formula is C10H11NO3. The number of carbonyl (C=O) groups is 1. The van der Waals surface area contributed by atoms with Crippen molar-refractivity contribution in [3.63, 3.8) is 0 Å². The molecule has 1 atom stereocenters. The molecule has 4 heteroatoms. The van der Waals surface area contributed by atoms with E-state index >= 15 is 0 Å². The van der Waals surface area contributed by atoms with Gasteiger partial charge in [-0.1, -0.05) is 12.1 Å². The number of methoxy groups -OCH3 is 1. The van der Waals surface area contributed by atoms with E-state index in [0.29, 0.717) is 17.0 Å². The molecule has 1 amide bonds.